The van der Waals surface area contributed by atoms with Crippen LogP contribution in [0, 0.1) is 5.41 Å². The summed E-state index contributed by atoms with van der Waals surface area (Å²) >= 11 is 1.46. The summed E-state index contributed by atoms with van der Waals surface area (Å²) < 4.78 is 0. The molecule has 0 atom stereocenters. The number of thioether (sulfide) groups is 1. The van der Waals surface area contributed by atoms with Gasteiger partial charge >= 0.3 is 0 Å². The average molecular weight is 268 g/mol. The lowest BCUT2D eigenvalue weighted by atomic mass is 9.90. The minimum absolute atomic E-state index is 0.105. The molecule has 0 spiro atoms. The van der Waals surface area contributed by atoms with E-state index in [1.54, 1.807) is 18.3 Å². The molecule has 0 aliphatic carbocycles. The summed E-state index contributed by atoms with van der Waals surface area (Å²) in [5.41, 5.74) is 0.497. The van der Waals surface area contributed by atoms with Crippen LogP contribution in [0.25, 0.3) is 0 Å². The second-order valence-electron chi connectivity index (χ2n) is 4.88. The molecule has 0 saturated carbocycles. The van der Waals surface area contributed by atoms with Crippen molar-refractivity contribution in [2.24, 2.45) is 5.41 Å². The van der Waals surface area contributed by atoms with Crippen molar-refractivity contribution in [1.82, 2.24) is 10.3 Å². The van der Waals surface area contributed by atoms with Crippen molar-refractivity contribution in [2.75, 3.05) is 19.4 Å². The number of hydrogen-bond acceptors (Lipinski definition) is 4. The molecule has 0 aliphatic rings. The van der Waals surface area contributed by atoms with Crippen molar-refractivity contribution in [3.63, 3.8) is 0 Å². The molecule has 0 fully saturated rings. The molecule has 1 aromatic rings. The fourth-order valence-corrected chi connectivity index (χ4v) is 2.08. The molecule has 0 saturated heterocycles. The minimum Gasteiger partial charge on any atom is -0.396 e. The van der Waals surface area contributed by atoms with Crippen molar-refractivity contribution in [3.05, 3.63) is 23.9 Å². The topological polar surface area (TPSA) is 62.2 Å². The Balaban J connectivity index is 2.66. The van der Waals surface area contributed by atoms with E-state index < -0.39 is 0 Å². The highest BCUT2D eigenvalue weighted by Crippen LogP contribution is 2.20. The third-order valence-electron chi connectivity index (χ3n) is 2.73. The zero-order valence-corrected chi connectivity index (χ0v) is 11.9. The predicted octanol–water partition coefficient (Wildman–Crippen LogP) is 1.94. The first-order valence-electron chi connectivity index (χ1n) is 5.88. The number of aliphatic hydroxyl groups excluding tert-OH is 1. The Morgan fingerprint density at radius 3 is 2.89 bits per heavy atom. The number of carbonyl (C=O) groups is 1. The number of nitrogens with zero attached hydrogens (tertiary/aromatic N) is 1. The Labute approximate surface area is 112 Å². The molecule has 4 nitrogen and oxygen atoms in total. The van der Waals surface area contributed by atoms with Crippen molar-refractivity contribution < 1.29 is 9.90 Å². The Bertz CT molecular complexity index is 408. The van der Waals surface area contributed by atoms with E-state index in [1.807, 2.05) is 20.1 Å². The number of hydrogen-bond donors (Lipinski definition) is 2. The number of pyridine rings is 1. The van der Waals surface area contributed by atoms with E-state index in [0.717, 1.165) is 5.03 Å². The van der Waals surface area contributed by atoms with Crippen molar-refractivity contribution in [1.29, 1.82) is 0 Å². The summed E-state index contributed by atoms with van der Waals surface area (Å²) in [7, 11) is 0. The maximum Gasteiger partial charge on any atom is 0.254 e. The molecule has 1 heterocycles. The molecule has 18 heavy (non-hydrogen) atoms. The first-order chi connectivity index (χ1) is 8.50. The highest BCUT2D eigenvalue weighted by molar-refractivity contribution is 7.98. The van der Waals surface area contributed by atoms with E-state index in [4.69, 9.17) is 5.11 Å². The zero-order chi connectivity index (χ0) is 13.6. The third-order valence-corrected chi connectivity index (χ3v) is 3.44. The molecular formula is C13H20N2O2S. The third kappa shape index (κ3) is 4.31. The maximum absolute atomic E-state index is 12.0. The number of aromatic nitrogens is 1. The fourth-order valence-electron chi connectivity index (χ4n) is 1.53. The van der Waals surface area contributed by atoms with Crippen LogP contribution < -0.4 is 5.32 Å². The quantitative estimate of drug-likeness (QED) is 0.774. The second-order valence-corrected chi connectivity index (χ2v) is 5.68. The molecule has 2 N–H and O–H groups in total. The predicted molar refractivity (Wildman–Crippen MR) is 73.8 cm³/mol. The van der Waals surface area contributed by atoms with Gasteiger partial charge in [-0.25, -0.2) is 4.98 Å². The molecule has 0 bridgehead atoms. The van der Waals surface area contributed by atoms with E-state index in [0.29, 0.717) is 18.5 Å². The number of nitrogens with one attached hydrogen (secondary N) is 1. The lowest BCUT2D eigenvalue weighted by Gasteiger charge is -2.23. The molecule has 0 radical (unpaired) electrons. The van der Waals surface area contributed by atoms with Crippen LogP contribution in [-0.2, 0) is 0 Å². The normalized spacial score (nSPS) is 11.3. The van der Waals surface area contributed by atoms with Crippen LogP contribution in [0.5, 0.6) is 0 Å². The van der Waals surface area contributed by atoms with Gasteiger partial charge in [0.1, 0.15) is 5.03 Å². The molecule has 1 amide bonds. The first-order valence-corrected chi connectivity index (χ1v) is 7.11. The van der Waals surface area contributed by atoms with Crippen LogP contribution >= 0.6 is 11.8 Å². The average Bonchev–Trinajstić information content (AvgIpc) is 2.36. The van der Waals surface area contributed by atoms with Crippen LogP contribution in [0.3, 0.4) is 0 Å². The van der Waals surface area contributed by atoms with Gasteiger partial charge in [0.2, 0.25) is 0 Å². The van der Waals surface area contributed by atoms with Gasteiger partial charge in [-0.2, -0.15) is 0 Å². The summed E-state index contributed by atoms with van der Waals surface area (Å²) in [6.45, 7) is 4.70. The van der Waals surface area contributed by atoms with E-state index in [2.05, 4.69) is 10.3 Å². The van der Waals surface area contributed by atoms with Gasteiger partial charge < -0.3 is 10.4 Å². The van der Waals surface area contributed by atoms with Crippen molar-refractivity contribution in [2.45, 2.75) is 25.3 Å². The van der Waals surface area contributed by atoms with Gasteiger partial charge in [0.15, 0.2) is 0 Å². The lowest BCUT2D eigenvalue weighted by molar-refractivity contribution is 0.0924. The monoisotopic (exact) mass is 268 g/mol. The van der Waals surface area contributed by atoms with E-state index in [-0.39, 0.29) is 17.9 Å². The zero-order valence-electron chi connectivity index (χ0n) is 11.1. The van der Waals surface area contributed by atoms with Crippen LogP contribution in [0.15, 0.2) is 23.4 Å². The van der Waals surface area contributed by atoms with Gasteiger partial charge in [0.05, 0.1) is 5.56 Å². The first kappa shape index (κ1) is 15.0. The molecule has 1 aromatic heterocycles. The molecule has 100 valence electrons. The van der Waals surface area contributed by atoms with Gasteiger partial charge in [-0.05, 0) is 30.2 Å². The van der Waals surface area contributed by atoms with Crippen molar-refractivity contribution >= 4 is 17.7 Å². The van der Waals surface area contributed by atoms with Crippen LogP contribution in [0.4, 0.5) is 0 Å². The molecule has 0 aliphatic heterocycles. The summed E-state index contributed by atoms with van der Waals surface area (Å²) in [6.07, 6.45) is 4.24. The Hall–Kier alpha value is -1.07. The van der Waals surface area contributed by atoms with Gasteiger partial charge in [-0.15, -0.1) is 11.8 Å². The lowest BCUT2D eigenvalue weighted by Crippen LogP contribution is -2.34. The van der Waals surface area contributed by atoms with Crippen LogP contribution in [0.2, 0.25) is 0 Å². The van der Waals surface area contributed by atoms with E-state index >= 15 is 0 Å². The van der Waals surface area contributed by atoms with Crippen LogP contribution in [0.1, 0.15) is 30.6 Å². The molecule has 0 aromatic carbocycles. The summed E-state index contributed by atoms with van der Waals surface area (Å²) in [5.74, 6) is -0.113. The number of rotatable bonds is 6. The maximum atomic E-state index is 12.0. The molecule has 5 heteroatoms. The summed E-state index contributed by atoms with van der Waals surface area (Å²) in [5, 5.41) is 12.6. The van der Waals surface area contributed by atoms with E-state index in [1.165, 1.54) is 11.8 Å². The molecule has 1 rings (SSSR count). The van der Waals surface area contributed by atoms with Gasteiger partial charge in [-0.3, -0.25) is 4.79 Å². The Morgan fingerprint density at radius 2 is 2.28 bits per heavy atom. The number of aliphatic hydroxyl groups is 1. The SMILES string of the molecule is CSc1ncccc1C(=O)NCC(C)(C)CCO. The second kappa shape index (κ2) is 6.75. The summed E-state index contributed by atoms with van der Waals surface area (Å²) in [4.78, 5) is 16.2. The fraction of sp³-hybridized carbons (Fsp3) is 0.538. The highest BCUT2D eigenvalue weighted by atomic mass is 32.2. The minimum atomic E-state index is -0.113. The molecule has 0 unspecified atom stereocenters. The highest BCUT2D eigenvalue weighted by Gasteiger charge is 2.19. The summed E-state index contributed by atoms with van der Waals surface area (Å²) in [6, 6.07) is 3.53. The number of amides is 1. The smallest absolute Gasteiger partial charge is 0.254 e. The Kier molecular flexibility index (Phi) is 5.62. The van der Waals surface area contributed by atoms with E-state index in [9.17, 15) is 4.79 Å². The van der Waals surface area contributed by atoms with Gasteiger partial charge in [-0.1, -0.05) is 13.8 Å². The van der Waals surface area contributed by atoms with Crippen molar-refractivity contribution in [3.8, 4) is 0 Å². The molecular weight excluding hydrogens is 248 g/mol. The van der Waals surface area contributed by atoms with Crippen LogP contribution in [-0.4, -0.2) is 35.4 Å². The van der Waals surface area contributed by atoms with Gasteiger partial charge in [0.25, 0.3) is 5.91 Å². The largest absolute Gasteiger partial charge is 0.396 e. The Morgan fingerprint density at radius 1 is 1.56 bits per heavy atom. The van der Waals surface area contributed by atoms with Gasteiger partial charge in [0, 0.05) is 19.3 Å². The number of carbonyl (C=O) groups excluding carboxylic acids is 1. The standard InChI is InChI=1S/C13H20N2O2S/c1-13(2,6-8-16)9-15-11(17)10-5-4-7-14-12(10)18-3/h4-5,7,16H,6,8-9H2,1-3H3,(H,15,17).